The lowest BCUT2D eigenvalue weighted by Crippen LogP contribution is -2.50. The summed E-state index contributed by atoms with van der Waals surface area (Å²) in [6, 6.07) is 0.605. The third-order valence-corrected chi connectivity index (χ3v) is 7.19. The Balaban J connectivity index is 0.000000384. The first-order chi connectivity index (χ1) is 17.2. The maximum atomic E-state index is 12.1. The van der Waals surface area contributed by atoms with Gasteiger partial charge in [0.1, 0.15) is 0 Å². The SMILES string of the molecule is CC(C)C1CC(=O)N(CCC(=O)NC(C)(C)CCO)C1=O.CC(C)CCC(=O)N1CCN(C(C)C)CC1. The molecule has 0 bridgehead atoms. The maximum Gasteiger partial charge on any atom is 0.233 e. The van der Waals surface area contributed by atoms with Gasteiger partial charge >= 0.3 is 0 Å². The zero-order chi connectivity index (χ0) is 28.3. The van der Waals surface area contributed by atoms with Crippen molar-refractivity contribution in [3.63, 3.8) is 0 Å². The summed E-state index contributed by atoms with van der Waals surface area (Å²) >= 11 is 0. The zero-order valence-electron chi connectivity index (χ0n) is 24.5. The van der Waals surface area contributed by atoms with Gasteiger partial charge in [0.25, 0.3) is 0 Å². The molecule has 214 valence electrons. The predicted molar refractivity (Wildman–Crippen MR) is 146 cm³/mol. The molecule has 0 aromatic carbocycles. The van der Waals surface area contributed by atoms with Gasteiger partial charge in [-0.25, -0.2) is 0 Å². The second-order valence-electron chi connectivity index (χ2n) is 12.0. The van der Waals surface area contributed by atoms with Crippen molar-refractivity contribution in [2.75, 3.05) is 39.3 Å². The van der Waals surface area contributed by atoms with Crippen LogP contribution in [-0.2, 0) is 19.2 Å². The lowest BCUT2D eigenvalue weighted by molar-refractivity contribution is -0.140. The number of hydrogen-bond donors (Lipinski definition) is 2. The number of aliphatic hydroxyl groups is 1. The molecule has 9 nitrogen and oxygen atoms in total. The first kappa shape index (κ1) is 33.0. The Kier molecular flexibility index (Phi) is 13.8. The summed E-state index contributed by atoms with van der Waals surface area (Å²) in [7, 11) is 0. The van der Waals surface area contributed by atoms with Gasteiger partial charge < -0.3 is 15.3 Å². The van der Waals surface area contributed by atoms with E-state index in [1.807, 2.05) is 32.6 Å². The van der Waals surface area contributed by atoms with Crippen molar-refractivity contribution in [3.8, 4) is 0 Å². The third kappa shape index (κ3) is 11.5. The number of hydrogen-bond acceptors (Lipinski definition) is 6. The van der Waals surface area contributed by atoms with Gasteiger partial charge in [0.2, 0.25) is 23.6 Å². The highest BCUT2D eigenvalue weighted by Crippen LogP contribution is 2.26. The molecule has 1 atom stereocenters. The summed E-state index contributed by atoms with van der Waals surface area (Å²) in [5, 5.41) is 11.7. The molecule has 0 spiro atoms. The van der Waals surface area contributed by atoms with Crippen molar-refractivity contribution in [1.29, 1.82) is 0 Å². The van der Waals surface area contributed by atoms with Crippen molar-refractivity contribution in [1.82, 2.24) is 20.0 Å². The van der Waals surface area contributed by atoms with Gasteiger partial charge in [-0.3, -0.25) is 29.0 Å². The van der Waals surface area contributed by atoms with Gasteiger partial charge in [-0.05, 0) is 52.4 Å². The average molecular weight is 525 g/mol. The van der Waals surface area contributed by atoms with E-state index in [0.717, 1.165) is 39.0 Å². The highest BCUT2D eigenvalue weighted by molar-refractivity contribution is 6.03. The number of aliphatic hydroxyl groups excluding tert-OH is 1. The Morgan fingerprint density at radius 3 is 2.05 bits per heavy atom. The van der Waals surface area contributed by atoms with Crippen LogP contribution in [0, 0.1) is 17.8 Å². The number of rotatable bonds is 11. The monoisotopic (exact) mass is 524 g/mol. The molecular formula is C28H52N4O5. The molecule has 2 aliphatic rings. The largest absolute Gasteiger partial charge is 0.396 e. The molecule has 2 heterocycles. The number of nitrogens with zero attached hydrogens (tertiary/aromatic N) is 3. The number of carbonyl (C=O) groups is 4. The van der Waals surface area contributed by atoms with Gasteiger partial charge in [-0.15, -0.1) is 0 Å². The Bertz CT molecular complexity index is 758. The van der Waals surface area contributed by atoms with Gasteiger partial charge in [-0.1, -0.05) is 27.7 Å². The summed E-state index contributed by atoms with van der Waals surface area (Å²) in [5.41, 5.74) is -0.495. The summed E-state index contributed by atoms with van der Waals surface area (Å²) in [6.07, 6.45) is 2.53. The molecule has 2 aliphatic heterocycles. The van der Waals surface area contributed by atoms with E-state index < -0.39 is 5.54 Å². The van der Waals surface area contributed by atoms with Gasteiger partial charge in [0.15, 0.2) is 0 Å². The second kappa shape index (κ2) is 15.4. The minimum atomic E-state index is -0.495. The van der Waals surface area contributed by atoms with E-state index in [9.17, 15) is 19.2 Å². The number of amides is 4. The summed E-state index contributed by atoms with van der Waals surface area (Å²) < 4.78 is 0. The number of likely N-dealkylation sites (tertiary alicyclic amines) is 1. The first-order valence-corrected chi connectivity index (χ1v) is 14.0. The van der Waals surface area contributed by atoms with Crippen LogP contribution in [0.25, 0.3) is 0 Å². The molecule has 2 N–H and O–H groups in total. The number of carbonyl (C=O) groups excluding carboxylic acids is 4. The minimum Gasteiger partial charge on any atom is -0.396 e. The normalized spacial score (nSPS) is 19.1. The van der Waals surface area contributed by atoms with Crippen LogP contribution in [0.5, 0.6) is 0 Å². The highest BCUT2D eigenvalue weighted by atomic mass is 16.3. The smallest absolute Gasteiger partial charge is 0.233 e. The van der Waals surface area contributed by atoms with Crippen LogP contribution in [0.1, 0.15) is 87.5 Å². The molecule has 37 heavy (non-hydrogen) atoms. The Labute approximate surface area is 224 Å². The minimum absolute atomic E-state index is 0.00749. The molecular weight excluding hydrogens is 472 g/mol. The Hall–Kier alpha value is -2.00. The van der Waals surface area contributed by atoms with E-state index in [0.29, 0.717) is 24.3 Å². The van der Waals surface area contributed by atoms with E-state index in [4.69, 9.17) is 5.11 Å². The van der Waals surface area contributed by atoms with Crippen molar-refractivity contribution >= 4 is 23.6 Å². The molecule has 4 amide bonds. The Morgan fingerprint density at radius 1 is 1.00 bits per heavy atom. The fourth-order valence-electron chi connectivity index (χ4n) is 4.52. The topological polar surface area (TPSA) is 110 Å². The zero-order valence-corrected chi connectivity index (χ0v) is 24.5. The van der Waals surface area contributed by atoms with Crippen molar-refractivity contribution in [2.45, 2.75) is 99.1 Å². The molecule has 1 unspecified atom stereocenters. The molecule has 2 rings (SSSR count). The molecule has 2 fully saturated rings. The van der Waals surface area contributed by atoms with Gasteiger partial charge in [-0.2, -0.15) is 0 Å². The van der Waals surface area contributed by atoms with E-state index in [1.54, 1.807) is 0 Å². The van der Waals surface area contributed by atoms with Crippen LogP contribution in [0.15, 0.2) is 0 Å². The van der Waals surface area contributed by atoms with Crippen LogP contribution in [0.3, 0.4) is 0 Å². The molecule has 0 saturated carbocycles. The molecule has 2 saturated heterocycles. The third-order valence-electron chi connectivity index (χ3n) is 7.19. The van der Waals surface area contributed by atoms with Crippen LogP contribution in [0.4, 0.5) is 0 Å². The molecule has 9 heteroatoms. The summed E-state index contributed by atoms with van der Waals surface area (Å²) in [4.78, 5) is 53.4. The van der Waals surface area contributed by atoms with Crippen molar-refractivity contribution < 1.29 is 24.3 Å². The molecule has 0 aliphatic carbocycles. The van der Waals surface area contributed by atoms with E-state index in [1.165, 1.54) is 4.90 Å². The number of nitrogens with one attached hydrogen (secondary N) is 1. The van der Waals surface area contributed by atoms with Crippen LogP contribution < -0.4 is 5.32 Å². The molecule has 0 aromatic heterocycles. The maximum absolute atomic E-state index is 12.1. The molecule has 0 aromatic rings. The number of imide groups is 1. The van der Waals surface area contributed by atoms with Crippen LogP contribution in [0.2, 0.25) is 0 Å². The highest BCUT2D eigenvalue weighted by Gasteiger charge is 2.40. The quantitative estimate of drug-likeness (QED) is 0.402. The molecule has 0 radical (unpaired) electrons. The number of piperazine rings is 1. The standard InChI is InChI=1S/C15H26N2O4.C13H26N2O/c1-10(2)11-9-13(20)17(14(11)21)7-5-12(19)16-15(3,4)6-8-18;1-11(2)5-6-13(16)15-9-7-14(8-10-15)12(3)4/h10-11,18H,5-9H2,1-4H3,(H,16,19);11-12H,5-10H2,1-4H3. The average Bonchev–Trinajstić information content (AvgIpc) is 3.09. The van der Waals surface area contributed by atoms with E-state index >= 15 is 0 Å². The lowest BCUT2D eigenvalue weighted by Gasteiger charge is -2.37. The second-order valence-corrected chi connectivity index (χ2v) is 12.0. The van der Waals surface area contributed by atoms with Crippen LogP contribution in [-0.4, -0.2) is 94.3 Å². The summed E-state index contributed by atoms with van der Waals surface area (Å²) in [6.45, 7) is 20.3. The fraction of sp³-hybridized carbons (Fsp3) is 0.857. The predicted octanol–water partition coefficient (Wildman–Crippen LogP) is 2.66. The lowest BCUT2D eigenvalue weighted by atomic mass is 9.94. The summed E-state index contributed by atoms with van der Waals surface area (Å²) in [5.74, 6) is 0.258. The first-order valence-electron chi connectivity index (χ1n) is 14.0. The van der Waals surface area contributed by atoms with Crippen molar-refractivity contribution in [3.05, 3.63) is 0 Å². The van der Waals surface area contributed by atoms with E-state index in [-0.39, 0.29) is 55.6 Å². The Morgan fingerprint density at radius 2 is 1.59 bits per heavy atom. The van der Waals surface area contributed by atoms with Gasteiger partial charge in [0, 0.05) is 76.1 Å². The van der Waals surface area contributed by atoms with E-state index in [2.05, 4.69) is 37.9 Å². The fourth-order valence-corrected chi connectivity index (χ4v) is 4.52. The van der Waals surface area contributed by atoms with Crippen molar-refractivity contribution in [2.24, 2.45) is 17.8 Å². The van der Waals surface area contributed by atoms with Gasteiger partial charge in [0.05, 0.1) is 0 Å². The van der Waals surface area contributed by atoms with Crippen LogP contribution >= 0.6 is 0 Å².